The molecule has 0 aliphatic carbocycles. The number of aromatic nitrogens is 5. The molecule has 0 radical (unpaired) electrons. The lowest BCUT2D eigenvalue weighted by Crippen LogP contribution is -2.29. The predicted molar refractivity (Wildman–Crippen MR) is 82.2 cm³/mol. The van der Waals surface area contributed by atoms with Crippen molar-refractivity contribution in [1.82, 2.24) is 30.0 Å². The van der Waals surface area contributed by atoms with E-state index in [1.54, 1.807) is 18.0 Å². The fourth-order valence-corrected chi connectivity index (χ4v) is 3.32. The van der Waals surface area contributed by atoms with Crippen LogP contribution in [0.15, 0.2) is 17.6 Å². The van der Waals surface area contributed by atoms with E-state index in [-0.39, 0.29) is 0 Å². The van der Waals surface area contributed by atoms with Gasteiger partial charge in [0.1, 0.15) is 5.82 Å². The van der Waals surface area contributed by atoms with Crippen LogP contribution in [-0.2, 0) is 12.8 Å². The Labute approximate surface area is 128 Å². The van der Waals surface area contributed by atoms with E-state index < -0.39 is 0 Å². The summed E-state index contributed by atoms with van der Waals surface area (Å²) in [6.07, 6.45) is 6.02. The minimum Gasteiger partial charge on any atom is -0.316 e. The Kier molecular flexibility index (Phi) is 4.50. The van der Waals surface area contributed by atoms with Crippen molar-refractivity contribution in [2.75, 3.05) is 13.1 Å². The standard InChI is InChI=1S/C14H20N6S/c1-10-6-17-12(8-16-10)9-21-14-19-18-13(20(14)2)11-4-3-5-15-7-11/h6,8,11,15H,3-5,7,9H2,1-2H3. The lowest BCUT2D eigenvalue weighted by Gasteiger charge is -2.21. The van der Waals surface area contributed by atoms with E-state index in [1.165, 1.54) is 12.8 Å². The summed E-state index contributed by atoms with van der Waals surface area (Å²) in [4.78, 5) is 8.63. The third-order valence-electron chi connectivity index (χ3n) is 3.71. The minimum absolute atomic E-state index is 0.477. The van der Waals surface area contributed by atoms with Crippen LogP contribution in [0.4, 0.5) is 0 Å². The van der Waals surface area contributed by atoms with Crippen LogP contribution in [0.2, 0.25) is 0 Å². The van der Waals surface area contributed by atoms with Crippen molar-refractivity contribution in [3.8, 4) is 0 Å². The van der Waals surface area contributed by atoms with Gasteiger partial charge < -0.3 is 9.88 Å². The number of thioether (sulfide) groups is 1. The van der Waals surface area contributed by atoms with Gasteiger partial charge in [-0.15, -0.1) is 10.2 Å². The quantitative estimate of drug-likeness (QED) is 0.867. The number of aryl methyl sites for hydroxylation is 1. The highest BCUT2D eigenvalue weighted by Crippen LogP contribution is 2.26. The third kappa shape index (κ3) is 3.41. The zero-order valence-corrected chi connectivity index (χ0v) is 13.2. The lowest BCUT2D eigenvalue weighted by atomic mass is 9.99. The number of hydrogen-bond donors (Lipinski definition) is 1. The average Bonchev–Trinajstić information content (AvgIpc) is 2.89. The van der Waals surface area contributed by atoms with E-state index in [0.29, 0.717) is 5.92 Å². The van der Waals surface area contributed by atoms with Gasteiger partial charge in [-0.1, -0.05) is 11.8 Å². The first-order valence-electron chi connectivity index (χ1n) is 7.24. The zero-order valence-electron chi connectivity index (χ0n) is 12.4. The maximum absolute atomic E-state index is 4.38. The van der Waals surface area contributed by atoms with E-state index in [2.05, 4.69) is 30.0 Å². The van der Waals surface area contributed by atoms with Crippen molar-refractivity contribution in [2.45, 2.75) is 36.6 Å². The Morgan fingerprint density at radius 2 is 2.24 bits per heavy atom. The maximum Gasteiger partial charge on any atom is 0.191 e. The van der Waals surface area contributed by atoms with Crippen LogP contribution in [0.5, 0.6) is 0 Å². The normalized spacial score (nSPS) is 18.9. The molecular weight excluding hydrogens is 284 g/mol. The molecule has 1 atom stereocenters. The predicted octanol–water partition coefficient (Wildman–Crippen LogP) is 1.67. The molecular formula is C14H20N6S. The maximum atomic E-state index is 4.38. The number of nitrogens with one attached hydrogen (secondary N) is 1. The molecule has 1 saturated heterocycles. The van der Waals surface area contributed by atoms with Crippen LogP contribution in [0, 0.1) is 6.92 Å². The van der Waals surface area contributed by atoms with Crippen molar-refractivity contribution in [3.63, 3.8) is 0 Å². The molecule has 2 aromatic heterocycles. The molecule has 21 heavy (non-hydrogen) atoms. The van der Waals surface area contributed by atoms with Gasteiger partial charge in [0.25, 0.3) is 0 Å². The topological polar surface area (TPSA) is 68.5 Å². The van der Waals surface area contributed by atoms with Gasteiger partial charge in [-0.25, -0.2) is 0 Å². The van der Waals surface area contributed by atoms with Gasteiger partial charge in [0.05, 0.1) is 11.4 Å². The highest BCUT2D eigenvalue weighted by Gasteiger charge is 2.21. The van der Waals surface area contributed by atoms with Crippen molar-refractivity contribution >= 4 is 11.8 Å². The summed E-state index contributed by atoms with van der Waals surface area (Å²) in [5.74, 6) is 2.33. The summed E-state index contributed by atoms with van der Waals surface area (Å²) in [6.45, 7) is 4.05. The van der Waals surface area contributed by atoms with Crippen LogP contribution in [0.3, 0.4) is 0 Å². The van der Waals surface area contributed by atoms with Gasteiger partial charge >= 0.3 is 0 Å². The van der Waals surface area contributed by atoms with E-state index in [4.69, 9.17) is 0 Å². The van der Waals surface area contributed by atoms with Gasteiger partial charge in [0, 0.05) is 37.7 Å². The Hall–Kier alpha value is -1.47. The molecule has 0 aromatic carbocycles. The molecule has 3 heterocycles. The van der Waals surface area contributed by atoms with Crippen molar-refractivity contribution < 1.29 is 0 Å². The molecule has 0 spiro atoms. The summed E-state index contributed by atoms with van der Waals surface area (Å²) in [7, 11) is 2.05. The SMILES string of the molecule is Cc1cnc(CSc2nnc(C3CCCNC3)n2C)cn1. The number of piperidine rings is 1. The molecule has 6 nitrogen and oxygen atoms in total. The number of rotatable bonds is 4. The molecule has 112 valence electrons. The highest BCUT2D eigenvalue weighted by molar-refractivity contribution is 7.98. The average molecular weight is 304 g/mol. The van der Waals surface area contributed by atoms with Crippen LogP contribution in [-0.4, -0.2) is 37.8 Å². The molecule has 1 fully saturated rings. The van der Waals surface area contributed by atoms with Gasteiger partial charge in [-0.3, -0.25) is 9.97 Å². The van der Waals surface area contributed by atoms with Crippen LogP contribution >= 0.6 is 11.8 Å². The fourth-order valence-electron chi connectivity index (χ4n) is 2.51. The van der Waals surface area contributed by atoms with E-state index in [0.717, 1.165) is 41.2 Å². The number of nitrogens with zero attached hydrogens (tertiary/aromatic N) is 5. The lowest BCUT2D eigenvalue weighted by molar-refractivity contribution is 0.436. The Morgan fingerprint density at radius 3 is 2.95 bits per heavy atom. The number of hydrogen-bond acceptors (Lipinski definition) is 6. The van der Waals surface area contributed by atoms with Crippen molar-refractivity contribution in [2.24, 2.45) is 7.05 Å². The second-order valence-electron chi connectivity index (χ2n) is 5.38. The molecule has 0 amide bonds. The van der Waals surface area contributed by atoms with Crippen LogP contribution in [0.25, 0.3) is 0 Å². The molecule has 0 bridgehead atoms. The summed E-state index contributed by atoms with van der Waals surface area (Å²) in [6, 6.07) is 0. The van der Waals surface area contributed by atoms with Crippen LogP contribution < -0.4 is 5.32 Å². The molecule has 1 aliphatic rings. The first-order chi connectivity index (χ1) is 10.2. The molecule has 7 heteroatoms. The first-order valence-corrected chi connectivity index (χ1v) is 8.23. The summed E-state index contributed by atoms with van der Waals surface area (Å²) >= 11 is 1.66. The Bertz CT molecular complexity index is 588. The minimum atomic E-state index is 0.477. The smallest absolute Gasteiger partial charge is 0.191 e. The third-order valence-corrected chi connectivity index (χ3v) is 4.77. The monoisotopic (exact) mass is 304 g/mol. The summed E-state index contributed by atoms with van der Waals surface area (Å²) in [5, 5.41) is 13.1. The second-order valence-corrected chi connectivity index (χ2v) is 6.32. The van der Waals surface area contributed by atoms with E-state index in [1.807, 2.05) is 20.2 Å². The van der Waals surface area contributed by atoms with E-state index in [9.17, 15) is 0 Å². The van der Waals surface area contributed by atoms with E-state index >= 15 is 0 Å². The fraction of sp³-hybridized carbons (Fsp3) is 0.571. The zero-order chi connectivity index (χ0) is 14.7. The van der Waals surface area contributed by atoms with Gasteiger partial charge in [-0.2, -0.15) is 0 Å². The van der Waals surface area contributed by atoms with Gasteiger partial charge in [0.2, 0.25) is 0 Å². The summed E-state index contributed by atoms with van der Waals surface area (Å²) in [5.41, 5.74) is 1.91. The van der Waals surface area contributed by atoms with Crippen molar-refractivity contribution in [1.29, 1.82) is 0 Å². The highest BCUT2D eigenvalue weighted by atomic mass is 32.2. The molecule has 3 rings (SSSR count). The molecule has 1 N–H and O–H groups in total. The summed E-state index contributed by atoms with van der Waals surface area (Å²) < 4.78 is 2.12. The molecule has 1 aliphatic heterocycles. The molecule has 0 saturated carbocycles. The van der Waals surface area contributed by atoms with Crippen molar-refractivity contribution in [3.05, 3.63) is 29.6 Å². The molecule has 1 unspecified atom stereocenters. The van der Waals surface area contributed by atoms with Gasteiger partial charge in [0.15, 0.2) is 5.16 Å². The molecule has 2 aromatic rings. The van der Waals surface area contributed by atoms with Gasteiger partial charge in [-0.05, 0) is 26.3 Å². The second kappa shape index (κ2) is 6.53. The first kappa shape index (κ1) is 14.5. The largest absolute Gasteiger partial charge is 0.316 e. The Balaban J connectivity index is 1.66. The Morgan fingerprint density at radius 1 is 1.33 bits per heavy atom. The van der Waals surface area contributed by atoms with Crippen LogP contribution in [0.1, 0.15) is 36.0 Å².